The molecule has 1 fully saturated rings. The molecule has 4 heteroatoms. The Kier molecular flexibility index (Phi) is 6.33. The second-order valence-electron chi connectivity index (χ2n) is 5.59. The minimum Gasteiger partial charge on any atom is -0.396 e. The monoisotopic (exact) mass is 340 g/mol. The zero-order chi connectivity index (χ0) is 14.4. The summed E-state index contributed by atoms with van der Waals surface area (Å²) in [5.74, 6) is 0.416. The number of nitrogens with zero attached hydrogens (tertiary/aromatic N) is 1. The van der Waals surface area contributed by atoms with Gasteiger partial charge in [0.15, 0.2) is 0 Å². The third-order valence-corrected chi connectivity index (χ3v) is 4.40. The first kappa shape index (κ1) is 15.8. The third kappa shape index (κ3) is 4.21. The number of hydrogen-bond acceptors (Lipinski definition) is 3. The van der Waals surface area contributed by atoms with Crippen LogP contribution >= 0.6 is 15.9 Å². The maximum Gasteiger partial charge on any atom is 0.0476 e. The van der Waals surface area contributed by atoms with Gasteiger partial charge in [0.05, 0.1) is 0 Å². The highest BCUT2D eigenvalue weighted by molar-refractivity contribution is 9.10. The number of rotatable bonds is 6. The summed E-state index contributed by atoms with van der Waals surface area (Å²) >= 11 is 3.58. The van der Waals surface area contributed by atoms with Gasteiger partial charge >= 0.3 is 0 Å². The lowest BCUT2D eigenvalue weighted by Gasteiger charge is -2.35. The topological polar surface area (TPSA) is 35.5 Å². The van der Waals surface area contributed by atoms with Crippen LogP contribution in [0.4, 0.5) is 5.69 Å². The Labute approximate surface area is 130 Å². The molecule has 1 unspecified atom stereocenters. The Balaban J connectivity index is 2.13. The van der Waals surface area contributed by atoms with E-state index in [1.165, 1.54) is 17.7 Å². The molecule has 0 bridgehead atoms. The van der Waals surface area contributed by atoms with Crippen LogP contribution in [-0.2, 0) is 6.54 Å². The molecule has 1 aromatic rings. The van der Waals surface area contributed by atoms with E-state index in [2.05, 4.69) is 51.3 Å². The van der Waals surface area contributed by atoms with E-state index in [0.717, 1.165) is 43.5 Å². The van der Waals surface area contributed by atoms with Gasteiger partial charge in [0.25, 0.3) is 0 Å². The molecular weight excluding hydrogens is 316 g/mol. The van der Waals surface area contributed by atoms with Gasteiger partial charge in [0.2, 0.25) is 0 Å². The van der Waals surface area contributed by atoms with Crippen molar-refractivity contribution in [1.29, 1.82) is 0 Å². The van der Waals surface area contributed by atoms with Crippen LogP contribution in [0.15, 0.2) is 22.7 Å². The molecule has 0 amide bonds. The number of piperidine rings is 1. The summed E-state index contributed by atoms with van der Waals surface area (Å²) in [4.78, 5) is 2.43. The van der Waals surface area contributed by atoms with Crippen molar-refractivity contribution in [2.75, 3.05) is 31.1 Å². The quantitative estimate of drug-likeness (QED) is 0.781. The molecule has 0 saturated carbocycles. The second kappa shape index (κ2) is 8.01. The van der Waals surface area contributed by atoms with Crippen LogP contribution in [0.3, 0.4) is 0 Å². The molecule has 1 aliphatic rings. The Bertz CT molecular complexity index is 425. The summed E-state index contributed by atoms with van der Waals surface area (Å²) in [5.41, 5.74) is 2.65. The lowest BCUT2D eigenvalue weighted by atomic mass is 9.97. The molecule has 112 valence electrons. The summed E-state index contributed by atoms with van der Waals surface area (Å²) in [7, 11) is 0. The molecule has 2 rings (SSSR count). The molecule has 0 radical (unpaired) electrons. The number of halogens is 1. The maximum absolute atomic E-state index is 9.40. The molecule has 1 atom stereocenters. The minimum atomic E-state index is 0.300. The zero-order valence-electron chi connectivity index (χ0n) is 12.2. The fourth-order valence-electron chi connectivity index (χ4n) is 2.81. The summed E-state index contributed by atoms with van der Waals surface area (Å²) in [5, 5.41) is 12.9. The first-order valence-corrected chi connectivity index (χ1v) is 8.38. The van der Waals surface area contributed by atoms with Gasteiger partial charge in [0.1, 0.15) is 0 Å². The van der Waals surface area contributed by atoms with Gasteiger partial charge in [-0.3, -0.25) is 0 Å². The lowest BCUT2D eigenvalue weighted by molar-refractivity contribution is 0.208. The van der Waals surface area contributed by atoms with E-state index in [-0.39, 0.29) is 0 Å². The average molecular weight is 341 g/mol. The predicted molar refractivity (Wildman–Crippen MR) is 88.2 cm³/mol. The van der Waals surface area contributed by atoms with Gasteiger partial charge < -0.3 is 15.3 Å². The molecule has 1 heterocycles. The van der Waals surface area contributed by atoms with Gasteiger partial charge in [-0.2, -0.15) is 0 Å². The van der Waals surface area contributed by atoms with Crippen LogP contribution in [0, 0.1) is 5.92 Å². The Morgan fingerprint density at radius 3 is 3.05 bits per heavy atom. The van der Waals surface area contributed by atoms with Gasteiger partial charge in [-0.1, -0.05) is 28.9 Å². The molecule has 2 N–H and O–H groups in total. The van der Waals surface area contributed by atoms with Crippen LogP contribution in [0.5, 0.6) is 0 Å². The summed E-state index contributed by atoms with van der Waals surface area (Å²) in [6.45, 7) is 6.51. The number of nitrogens with one attached hydrogen (secondary N) is 1. The summed E-state index contributed by atoms with van der Waals surface area (Å²) in [6, 6.07) is 6.52. The molecular formula is C16H25BrN2O. The van der Waals surface area contributed by atoms with Gasteiger partial charge in [-0.15, -0.1) is 0 Å². The molecule has 0 aromatic heterocycles. The van der Waals surface area contributed by atoms with Crippen LogP contribution < -0.4 is 10.2 Å². The smallest absolute Gasteiger partial charge is 0.0476 e. The van der Waals surface area contributed by atoms with E-state index in [4.69, 9.17) is 0 Å². The number of benzene rings is 1. The minimum absolute atomic E-state index is 0.300. The number of hydrogen-bond donors (Lipinski definition) is 2. The van der Waals surface area contributed by atoms with Crippen molar-refractivity contribution in [2.24, 2.45) is 5.92 Å². The van der Waals surface area contributed by atoms with Crippen LogP contribution in [0.25, 0.3) is 0 Å². The second-order valence-corrected chi connectivity index (χ2v) is 6.50. The van der Waals surface area contributed by atoms with Crippen molar-refractivity contribution in [1.82, 2.24) is 5.32 Å². The van der Waals surface area contributed by atoms with Gasteiger partial charge in [0, 0.05) is 36.4 Å². The van der Waals surface area contributed by atoms with E-state index in [1.54, 1.807) is 0 Å². The van der Waals surface area contributed by atoms with E-state index in [0.29, 0.717) is 12.5 Å². The molecule has 3 nitrogen and oxygen atoms in total. The summed E-state index contributed by atoms with van der Waals surface area (Å²) < 4.78 is 1.12. The number of aliphatic hydroxyl groups is 1. The fourth-order valence-corrected chi connectivity index (χ4v) is 3.16. The molecule has 0 spiro atoms. The predicted octanol–water partition coefficient (Wildman–Crippen LogP) is 3.16. The largest absolute Gasteiger partial charge is 0.396 e. The van der Waals surface area contributed by atoms with Crippen LogP contribution in [0.2, 0.25) is 0 Å². The van der Waals surface area contributed by atoms with E-state index in [1.807, 2.05) is 0 Å². The molecule has 1 saturated heterocycles. The molecule has 1 aliphatic heterocycles. The first-order valence-electron chi connectivity index (χ1n) is 7.59. The first-order chi connectivity index (χ1) is 9.74. The maximum atomic E-state index is 9.40. The Morgan fingerprint density at radius 2 is 2.30 bits per heavy atom. The highest BCUT2D eigenvalue weighted by Gasteiger charge is 2.21. The SMILES string of the molecule is CCCNCc1ccc(Br)cc1N1CCCC(CO)C1. The highest BCUT2D eigenvalue weighted by Crippen LogP contribution is 2.29. The third-order valence-electron chi connectivity index (χ3n) is 3.91. The van der Waals surface area contributed by atoms with Crippen molar-refractivity contribution in [3.05, 3.63) is 28.2 Å². The zero-order valence-corrected chi connectivity index (χ0v) is 13.8. The van der Waals surface area contributed by atoms with Crippen molar-refractivity contribution in [3.63, 3.8) is 0 Å². The fraction of sp³-hybridized carbons (Fsp3) is 0.625. The van der Waals surface area contributed by atoms with E-state index < -0.39 is 0 Å². The van der Waals surface area contributed by atoms with E-state index in [9.17, 15) is 5.11 Å². The van der Waals surface area contributed by atoms with Gasteiger partial charge in [-0.25, -0.2) is 0 Å². The number of anilines is 1. The lowest BCUT2D eigenvalue weighted by Crippen LogP contribution is -2.37. The standard InChI is InChI=1S/C16H25BrN2O/c1-2-7-18-10-14-5-6-15(17)9-16(14)19-8-3-4-13(11-19)12-20/h5-6,9,13,18,20H,2-4,7-8,10-12H2,1H3. The summed E-state index contributed by atoms with van der Waals surface area (Å²) in [6.07, 6.45) is 3.46. The van der Waals surface area contributed by atoms with Crippen LogP contribution in [-0.4, -0.2) is 31.3 Å². The highest BCUT2D eigenvalue weighted by atomic mass is 79.9. The Morgan fingerprint density at radius 1 is 1.45 bits per heavy atom. The molecule has 1 aromatic carbocycles. The number of aliphatic hydroxyl groups excluding tert-OH is 1. The van der Waals surface area contributed by atoms with E-state index >= 15 is 0 Å². The van der Waals surface area contributed by atoms with Gasteiger partial charge in [-0.05, 0) is 49.4 Å². The normalized spacial score (nSPS) is 19.4. The van der Waals surface area contributed by atoms with Crippen molar-refractivity contribution in [2.45, 2.75) is 32.7 Å². The average Bonchev–Trinajstić information content (AvgIpc) is 2.49. The molecule has 20 heavy (non-hydrogen) atoms. The van der Waals surface area contributed by atoms with Crippen molar-refractivity contribution >= 4 is 21.6 Å². The molecule has 0 aliphatic carbocycles. The van der Waals surface area contributed by atoms with Crippen molar-refractivity contribution < 1.29 is 5.11 Å². The van der Waals surface area contributed by atoms with Crippen LogP contribution in [0.1, 0.15) is 31.7 Å². The van der Waals surface area contributed by atoms with Crippen molar-refractivity contribution in [3.8, 4) is 0 Å². The Hall–Kier alpha value is -0.580.